The molecule has 2 unspecified atom stereocenters. The van der Waals surface area contributed by atoms with Crippen molar-refractivity contribution in [1.29, 1.82) is 0 Å². The van der Waals surface area contributed by atoms with Crippen LogP contribution in [0.1, 0.15) is 23.8 Å². The number of hydrogen-bond donors (Lipinski definition) is 2. The van der Waals surface area contributed by atoms with Gasteiger partial charge < -0.3 is 25.1 Å². The van der Waals surface area contributed by atoms with E-state index in [0.29, 0.717) is 60.9 Å². The van der Waals surface area contributed by atoms with Crippen LogP contribution in [0.3, 0.4) is 0 Å². The minimum atomic E-state index is -0.886. The lowest BCUT2D eigenvalue weighted by molar-refractivity contribution is 0.0525. The van der Waals surface area contributed by atoms with Gasteiger partial charge in [-0.3, -0.25) is 0 Å². The molecule has 2 aliphatic rings. The molecular weight excluding hydrogens is 448 g/mol. The molecule has 1 fully saturated rings. The Morgan fingerprint density at radius 3 is 3.03 bits per heavy atom. The van der Waals surface area contributed by atoms with Crippen molar-refractivity contribution in [3.63, 3.8) is 0 Å². The predicted octanol–water partition coefficient (Wildman–Crippen LogP) is 3.07. The molecule has 2 aromatic heterocycles. The van der Waals surface area contributed by atoms with Crippen LogP contribution in [0.2, 0.25) is 0 Å². The highest BCUT2D eigenvalue weighted by atomic mass is 79.9. The fourth-order valence-corrected chi connectivity index (χ4v) is 4.59. The average molecular weight is 466 g/mol. The summed E-state index contributed by atoms with van der Waals surface area (Å²) in [5, 5.41) is 3.90. The molecule has 2 aliphatic heterocycles. The SMILES string of the molecule is Nc1ncnc2c1c(Br)cn2C1CC(Oc2cc(F)c(F)c3c2CNCC3)CO1. The monoisotopic (exact) mass is 465 g/mol. The smallest absolute Gasteiger partial charge is 0.162 e. The second-order valence-electron chi connectivity index (χ2n) is 7.16. The van der Waals surface area contributed by atoms with Crippen molar-refractivity contribution in [1.82, 2.24) is 19.9 Å². The van der Waals surface area contributed by atoms with Gasteiger partial charge in [-0.25, -0.2) is 18.7 Å². The van der Waals surface area contributed by atoms with Gasteiger partial charge in [0.05, 0.1) is 12.0 Å². The first kappa shape index (κ1) is 18.7. The van der Waals surface area contributed by atoms with E-state index in [0.717, 1.165) is 15.9 Å². The van der Waals surface area contributed by atoms with Gasteiger partial charge in [-0.15, -0.1) is 0 Å². The molecule has 0 bridgehead atoms. The van der Waals surface area contributed by atoms with Gasteiger partial charge in [-0.2, -0.15) is 0 Å². The summed E-state index contributed by atoms with van der Waals surface area (Å²) in [7, 11) is 0. The Labute approximate surface area is 173 Å². The molecule has 10 heteroatoms. The number of nitrogens with one attached hydrogen (secondary N) is 1. The quantitative estimate of drug-likeness (QED) is 0.617. The predicted molar refractivity (Wildman–Crippen MR) is 105 cm³/mol. The highest BCUT2D eigenvalue weighted by Gasteiger charge is 2.32. The van der Waals surface area contributed by atoms with Crippen LogP contribution in [-0.4, -0.2) is 33.8 Å². The Hall–Kier alpha value is -2.30. The molecule has 3 aromatic rings. The summed E-state index contributed by atoms with van der Waals surface area (Å²) in [6.07, 6.45) is 3.61. The molecule has 0 radical (unpaired) electrons. The van der Waals surface area contributed by atoms with E-state index in [1.54, 1.807) is 0 Å². The number of nitrogens with zero attached hydrogens (tertiary/aromatic N) is 3. The number of halogens is 3. The van der Waals surface area contributed by atoms with Gasteiger partial charge in [0.1, 0.15) is 35.9 Å². The maximum atomic E-state index is 14.1. The molecule has 5 rings (SSSR count). The van der Waals surface area contributed by atoms with E-state index in [1.807, 2.05) is 10.8 Å². The number of nitrogens with two attached hydrogens (primary N) is 1. The van der Waals surface area contributed by atoms with Gasteiger partial charge in [-0.05, 0) is 28.9 Å². The van der Waals surface area contributed by atoms with Crippen molar-refractivity contribution in [2.45, 2.75) is 31.7 Å². The van der Waals surface area contributed by atoms with Crippen LogP contribution in [0.15, 0.2) is 23.1 Å². The summed E-state index contributed by atoms with van der Waals surface area (Å²) >= 11 is 3.49. The molecule has 0 amide bonds. The van der Waals surface area contributed by atoms with E-state index >= 15 is 0 Å². The Morgan fingerprint density at radius 1 is 1.31 bits per heavy atom. The fraction of sp³-hybridized carbons (Fsp3) is 0.368. The molecule has 152 valence electrons. The number of hydrogen-bond acceptors (Lipinski definition) is 6. The Kier molecular flexibility index (Phi) is 4.64. The maximum Gasteiger partial charge on any atom is 0.162 e. The molecule has 0 spiro atoms. The summed E-state index contributed by atoms with van der Waals surface area (Å²) in [5.41, 5.74) is 7.68. The van der Waals surface area contributed by atoms with Crippen LogP contribution in [0.5, 0.6) is 5.75 Å². The van der Waals surface area contributed by atoms with Gasteiger partial charge in [0.2, 0.25) is 0 Å². The molecule has 1 aromatic carbocycles. The highest BCUT2D eigenvalue weighted by Crippen LogP contribution is 2.36. The minimum absolute atomic E-state index is 0.300. The third-order valence-corrected chi connectivity index (χ3v) is 5.98. The largest absolute Gasteiger partial charge is 0.487 e. The number of ether oxygens (including phenoxy) is 2. The Morgan fingerprint density at radius 2 is 2.17 bits per heavy atom. The summed E-state index contributed by atoms with van der Waals surface area (Å²) in [6, 6.07) is 1.13. The third kappa shape index (κ3) is 3.15. The summed E-state index contributed by atoms with van der Waals surface area (Å²) in [5.74, 6) is -0.920. The fourth-order valence-electron chi connectivity index (χ4n) is 3.99. The number of benzene rings is 1. The van der Waals surface area contributed by atoms with Gasteiger partial charge in [-0.1, -0.05) is 0 Å². The topological polar surface area (TPSA) is 87.2 Å². The first-order chi connectivity index (χ1) is 14.0. The van der Waals surface area contributed by atoms with Gasteiger partial charge >= 0.3 is 0 Å². The highest BCUT2D eigenvalue weighted by molar-refractivity contribution is 9.10. The molecule has 0 saturated carbocycles. The van der Waals surface area contributed by atoms with Gasteiger partial charge in [0, 0.05) is 40.8 Å². The number of aromatic nitrogens is 3. The second-order valence-corrected chi connectivity index (χ2v) is 8.01. The number of rotatable bonds is 3. The number of fused-ring (bicyclic) bond motifs is 2. The zero-order valence-electron chi connectivity index (χ0n) is 15.3. The molecule has 0 aliphatic carbocycles. The summed E-state index contributed by atoms with van der Waals surface area (Å²) in [4.78, 5) is 8.34. The van der Waals surface area contributed by atoms with E-state index in [1.165, 1.54) is 6.33 Å². The van der Waals surface area contributed by atoms with E-state index in [4.69, 9.17) is 15.2 Å². The van der Waals surface area contributed by atoms with Crippen molar-refractivity contribution in [2.24, 2.45) is 0 Å². The minimum Gasteiger partial charge on any atom is -0.487 e. The Bertz CT molecular complexity index is 1110. The summed E-state index contributed by atoms with van der Waals surface area (Å²) < 4.78 is 42.8. The lowest BCUT2D eigenvalue weighted by Gasteiger charge is -2.23. The first-order valence-electron chi connectivity index (χ1n) is 9.28. The zero-order valence-corrected chi connectivity index (χ0v) is 16.9. The van der Waals surface area contributed by atoms with E-state index < -0.39 is 11.6 Å². The second kappa shape index (κ2) is 7.19. The first-order valence-corrected chi connectivity index (χ1v) is 10.1. The number of nitrogen functional groups attached to an aromatic ring is 1. The maximum absolute atomic E-state index is 14.1. The normalized spacial score (nSPS) is 21.5. The van der Waals surface area contributed by atoms with Crippen LogP contribution in [0.4, 0.5) is 14.6 Å². The van der Waals surface area contributed by atoms with Crippen molar-refractivity contribution < 1.29 is 18.3 Å². The van der Waals surface area contributed by atoms with Crippen LogP contribution in [0.25, 0.3) is 11.0 Å². The molecule has 2 atom stereocenters. The number of anilines is 1. The molecule has 4 heterocycles. The van der Waals surface area contributed by atoms with Gasteiger partial charge in [0.15, 0.2) is 11.6 Å². The lowest BCUT2D eigenvalue weighted by Crippen LogP contribution is -2.27. The van der Waals surface area contributed by atoms with Crippen LogP contribution in [-0.2, 0) is 17.7 Å². The van der Waals surface area contributed by atoms with E-state index in [2.05, 4.69) is 31.2 Å². The van der Waals surface area contributed by atoms with Crippen molar-refractivity contribution >= 4 is 32.8 Å². The molecule has 7 nitrogen and oxygen atoms in total. The van der Waals surface area contributed by atoms with Gasteiger partial charge in [0.25, 0.3) is 0 Å². The van der Waals surface area contributed by atoms with Crippen LogP contribution >= 0.6 is 15.9 Å². The van der Waals surface area contributed by atoms with Crippen LogP contribution < -0.4 is 15.8 Å². The molecule has 1 saturated heterocycles. The summed E-state index contributed by atoms with van der Waals surface area (Å²) in [6.45, 7) is 1.38. The van der Waals surface area contributed by atoms with E-state index in [-0.39, 0.29) is 12.3 Å². The van der Waals surface area contributed by atoms with Crippen molar-refractivity contribution in [3.05, 3.63) is 45.8 Å². The average Bonchev–Trinajstić information content (AvgIpc) is 3.31. The molecular formula is C19H18BrF2N5O2. The van der Waals surface area contributed by atoms with Crippen LogP contribution in [0, 0.1) is 11.6 Å². The van der Waals surface area contributed by atoms with Crippen molar-refractivity contribution in [3.8, 4) is 5.75 Å². The Balaban J connectivity index is 1.40. The van der Waals surface area contributed by atoms with Crippen molar-refractivity contribution in [2.75, 3.05) is 18.9 Å². The molecule has 29 heavy (non-hydrogen) atoms. The lowest BCUT2D eigenvalue weighted by atomic mass is 9.99. The molecule has 3 N–H and O–H groups in total. The zero-order chi connectivity index (χ0) is 20.1. The third-order valence-electron chi connectivity index (χ3n) is 5.38. The van der Waals surface area contributed by atoms with E-state index in [9.17, 15) is 8.78 Å². The standard InChI is InChI=1S/C19H18BrF2N5O2/c20-12-6-27(19-16(12)18(23)25-8-26-19)15-3-9(7-28-15)29-14-4-13(21)17(22)10-1-2-24-5-11(10)14/h4,6,8-9,15,24H,1-3,5,7H2,(H2,23,25,26).